The molecule has 0 radical (unpaired) electrons. The van der Waals surface area contributed by atoms with Crippen molar-refractivity contribution < 1.29 is 0 Å². The molecule has 2 fully saturated rings. The number of benzene rings is 1. The Hall–Kier alpha value is -1.55. The van der Waals surface area contributed by atoms with Crippen LogP contribution >= 0.6 is 0 Å². The molecule has 0 amide bonds. The smallest absolute Gasteiger partial charge is 0.306 e. The first-order valence-electron chi connectivity index (χ1n) is 8.23. The molecule has 0 unspecified atom stereocenters. The maximum Gasteiger partial charge on any atom is 0.326 e. The van der Waals surface area contributed by atoms with Crippen LogP contribution < -0.4 is 5.69 Å². The van der Waals surface area contributed by atoms with Crippen LogP contribution in [0.5, 0.6) is 0 Å². The first-order chi connectivity index (χ1) is 10.3. The SMILES string of the molecule is O=c1[nH]c2ccccc2n1C1CCN(CC2CCC2)CC1. The highest BCUT2D eigenvalue weighted by Crippen LogP contribution is 2.30. The van der Waals surface area contributed by atoms with Gasteiger partial charge in [0.15, 0.2) is 0 Å². The zero-order chi connectivity index (χ0) is 14.2. The van der Waals surface area contributed by atoms with Crippen LogP contribution in [-0.4, -0.2) is 34.1 Å². The number of H-pyrrole nitrogens is 1. The van der Waals surface area contributed by atoms with Crippen molar-refractivity contribution in [1.82, 2.24) is 14.5 Å². The molecule has 4 nitrogen and oxygen atoms in total. The minimum absolute atomic E-state index is 0.0497. The minimum atomic E-state index is 0.0497. The number of hydrogen-bond acceptors (Lipinski definition) is 2. The van der Waals surface area contributed by atoms with Crippen molar-refractivity contribution in [3.05, 3.63) is 34.7 Å². The molecule has 2 aliphatic rings. The number of hydrogen-bond donors (Lipinski definition) is 1. The van der Waals surface area contributed by atoms with Crippen molar-refractivity contribution in [3.63, 3.8) is 0 Å². The van der Waals surface area contributed by atoms with E-state index in [1.165, 1.54) is 25.8 Å². The molecule has 1 aliphatic heterocycles. The number of piperidine rings is 1. The normalized spacial score (nSPS) is 21.7. The monoisotopic (exact) mass is 285 g/mol. The van der Waals surface area contributed by atoms with Gasteiger partial charge in [-0.2, -0.15) is 0 Å². The van der Waals surface area contributed by atoms with Gasteiger partial charge in [-0.25, -0.2) is 4.79 Å². The van der Waals surface area contributed by atoms with Crippen LogP contribution in [0.15, 0.2) is 29.1 Å². The third kappa shape index (κ3) is 2.42. The second-order valence-corrected chi connectivity index (χ2v) is 6.65. The van der Waals surface area contributed by atoms with E-state index in [0.717, 1.165) is 42.9 Å². The predicted octanol–water partition coefficient (Wildman–Crippen LogP) is 2.77. The summed E-state index contributed by atoms with van der Waals surface area (Å²) in [5.74, 6) is 0.942. The summed E-state index contributed by atoms with van der Waals surface area (Å²) in [5, 5.41) is 0. The number of aromatic nitrogens is 2. The lowest BCUT2D eigenvalue weighted by molar-refractivity contribution is 0.134. The van der Waals surface area contributed by atoms with Gasteiger partial charge in [-0.15, -0.1) is 0 Å². The summed E-state index contributed by atoms with van der Waals surface area (Å²) >= 11 is 0. The third-order valence-electron chi connectivity index (χ3n) is 5.29. The van der Waals surface area contributed by atoms with E-state index in [4.69, 9.17) is 0 Å². The van der Waals surface area contributed by atoms with Gasteiger partial charge in [-0.05, 0) is 43.7 Å². The average Bonchev–Trinajstić information content (AvgIpc) is 2.79. The van der Waals surface area contributed by atoms with Crippen LogP contribution in [0.25, 0.3) is 11.0 Å². The zero-order valence-electron chi connectivity index (χ0n) is 12.4. The molecule has 2 heterocycles. The number of fused-ring (bicyclic) bond motifs is 1. The number of nitrogens with one attached hydrogen (secondary N) is 1. The van der Waals surface area contributed by atoms with E-state index >= 15 is 0 Å². The van der Waals surface area contributed by atoms with Crippen LogP contribution in [0.4, 0.5) is 0 Å². The molecule has 1 saturated carbocycles. The number of nitrogens with zero attached hydrogens (tertiary/aromatic N) is 2. The molecule has 0 atom stereocenters. The fourth-order valence-electron chi connectivity index (χ4n) is 3.84. The first-order valence-corrected chi connectivity index (χ1v) is 8.23. The molecule has 112 valence electrons. The molecular weight excluding hydrogens is 262 g/mol. The largest absolute Gasteiger partial charge is 0.326 e. The van der Waals surface area contributed by atoms with Crippen molar-refractivity contribution >= 4 is 11.0 Å². The Morgan fingerprint density at radius 1 is 1.10 bits per heavy atom. The fourth-order valence-corrected chi connectivity index (χ4v) is 3.84. The van der Waals surface area contributed by atoms with Crippen molar-refractivity contribution in [2.75, 3.05) is 19.6 Å². The van der Waals surface area contributed by atoms with E-state index in [9.17, 15) is 4.79 Å². The fraction of sp³-hybridized carbons (Fsp3) is 0.588. The summed E-state index contributed by atoms with van der Waals surface area (Å²) in [6.07, 6.45) is 6.44. The van der Waals surface area contributed by atoms with Crippen LogP contribution in [0.3, 0.4) is 0 Å². The van der Waals surface area contributed by atoms with Gasteiger partial charge in [0.05, 0.1) is 11.0 Å². The molecular formula is C17H23N3O. The van der Waals surface area contributed by atoms with Gasteiger partial charge in [0.2, 0.25) is 0 Å². The summed E-state index contributed by atoms with van der Waals surface area (Å²) in [6.45, 7) is 3.54. The van der Waals surface area contributed by atoms with Crippen LogP contribution in [0.1, 0.15) is 38.1 Å². The van der Waals surface area contributed by atoms with Crippen LogP contribution in [0, 0.1) is 5.92 Å². The van der Waals surface area contributed by atoms with E-state index in [-0.39, 0.29) is 5.69 Å². The summed E-state index contributed by atoms with van der Waals surface area (Å²) < 4.78 is 1.98. The maximum absolute atomic E-state index is 12.2. The number of rotatable bonds is 3. The highest BCUT2D eigenvalue weighted by Gasteiger charge is 2.26. The number of imidazole rings is 1. The number of aromatic amines is 1. The lowest BCUT2D eigenvalue weighted by atomic mass is 9.84. The first kappa shape index (κ1) is 13.1. The summed E-state index contributed by atoms with van der Waals surface area (Å²) in [4.78, 5) is 17.8. The van der Waals surface area contributed by atoms with Gasteiger partial charge in [0, 0.05) is 25.7 Å². The molecule has 1 aromatic heterocycles. The topological polar surface area (TPSA) is 41.0 Å². The Morgan fingerprint density at radius 2 is 1.86 bits per heavy atom. The quantitative estimate of drug-likeness (QED) is 0.942. The standard InChI is InChI=1S/C17H23N3O/c21-17-18-15-6-1-2-7-16(15)20(17)14-8-10-19(11-9-14)12-13-4-3-5-13/h1-2,6-7,13-14H,3-5,8-12H2,(H,18,21). The predicted molar refractivity (Wildman–Crippen MR) is 84.6 cm³/mol. The van der Waals surface area contributed by atoms with Crippen molar-refractivity contribution in [2.24, 2.45) is 5.92 Å². The molecule has 4 rings (SSSR count). The summed E-state index contributed by atoms with van der Waals surface area (Å²) in [5.41, 5.74) is 2.06. The Balaban J connectivity index is 1.49. The van der Waals surface area contributed by atoms with Crippen molar-refractivity contribution in [3.8, 4) is 0 Å². The summed E-state index contributed by atoms with van der Waals surface area (Å²) in [7, 11) is 0. The third-order valence-corrected chi connectivity index (χ3v) is 5.29. The molecule has 1 N–H and O–H groups in total. The van der Waals surface area contributed by atoms with Gasteiger partial charge < -0.3 is 9.88 Å². The Kier molecular flexibility index (Phi) is 3.34. The molecule has 1 aliphatic carbocycles. The van der Waals surface area contributed by atoms with Gasteiger partial charge in [-0.3, -0.25) is 4.57 Å². The van der Waals surface area contributed by atoms with Crippen LogP contribution in [-0.2, 0) is 0 Å². The molecule has 4 heteroatoms. The van der Waals surface area contributed by atoms with E-state index in [1.807, 2.05) is 28.8 Å². The molecule has 2 aromatic rings. The van der Waals surface area contributed by atoms with Gasteiger partial charge in [0.25, 0.3) is 0 Å². The zero-order valence-corrected chi connectivity index (χ0v) is 12.4. The van der Waals surface area contributed by atoms with E-state index < -0.39 is 0 Å². The van der Waals surface area contributed by atoms with Gasteiger partial charge in [0.1, 0.15) is 0 Å². The second kappa shape index (κ2) is 5.34. The second-order valence-electron chi connectivity index (χ2n) is 6.65. The maximum atomic E-state index is 12.2. The minimum Gasteiger partial charge on any atom is -0.306 e. The van der Waals surface area contributed by atoms with E-state index in [1.54, 1.807) is 0 Å². The Labute approximate surface area is 124 Å². The highest BCUT2D eigenvalue weighted by molar-refractivity contribution is 5.75. The lowest BCUT2D eigenvalue weighted by Crippen LogP contribution is -2.40. The van der Waals surface area contributed by atoms with Gasteiger partial charge in [-0.1, -0.05) is 18.6 Å². The molecule has 21 heavy (non-hydrogen) atoms. The molecule has 1 aromatic carbocycles. The molecule has 1 saturated heterocycles. The number of likely N-dealkylation sites (tertiary alicyclic amines) is 1. The van der Waals surface area contributed by atoms with Crippen molar-refractivity contribution in [1.29, 1.82) is 0 Å². The average molecular weight is 285 g/mol. The van der Waals surface area contributed by atoms with E-state index in [2.05, 4.69) is 9.88 Å². The molecule has 0 bridgehead atoms. The highest BCUT2D eigenvalue weighted by atomic mass is 16.1. The van der Waals surface area contributed by atoms with Crippen LogP contribution in [0.2, 0.25) is 0 Å². The van der Waals surface area contributed by atoms with E-state index in [0.29, 0.717) is 6.04 Å². The summed E-state index contributed by atoms with van der Waals surface area (Å²) in [6, 6.07) is 8.38. The van der Waals surface area contributed by atoms with Gasteiger partial charge >= 0.3 is 5.69 Å². The Morgan fingerprint density at radius 3 is 2.57 bits per heavy atom. The number of para-hydroxylation sites is 2. The van der Waals surface area contributed by atoms with Crippen molar-refractivity contribution in [2.45, 2.75) is 38.1 Å². The Bertz CT molecular complexity index is 675. The molecule has 0 spiro atoms. The lowest BCUT2D eigenvalue weighted by Gasteiger charge is -2.37.